The highest BCUT2D eigenvalue weighted by atomic mass is 16.2. The SMILES string of the molecule is C/C=N\N(CC(=O)N(C)C)C(C)C. The Morgan fingerprint density at radius 3 is 2.31 bits per heavy atom. The van der Waals surface area contributed by atoms with E-state index in [1.54, 1.807) is 30.2 Å². The van der Waals surface area contributed by atoms with E-state index >= 15 is 0 Å². The molecule has 4 nitrogen and oxygen atoms in total. The quantitative estimate of drug-likeness (QED) is 0.479. The first-order valence-corrected chi connectivity index (χ1v) is 4.44. The lowest BCUT2D eigenvalue weighted by Crippen LogP contribution is -2.37. The number of rotatable bonds is 4. The predicted molar refractivity (Wildman–Crippen MR) is 54.7 cm³/mol. The number of nitrogens with zero attached hydrogens (tertiary/aromatic N) is 3. The van der Waals surface area contributed by atoms with Crippen LogP contribution in [0.15, 0.2) is 5.10 Å². The normalized spacial score (nSPS) is 10.9. The van der Waals surface area contributed by atoms with Crippen molar-refractivity contribution < 1.29 is 4.79 Å². The minimum absolute atomic E-state index is 0.0688. The van der Waals surface area contributed by atoms with Gasteiger partial charge in [0.25, 0.3) is 0 Å². The Kier molecular flexibility index (Phi) is 5.11. The van der Waals surface area contributed by atoms with Crippen molar-refractivity contribution in [1.29, 1.82) is 0 Å². The van der Waals surface area contributed by atoms with Crippen molar-refractivity contribution in [3.05, 3.63) is 0 Å². The number of hydrogen-bond acceptors (Lipinski definition) is 3. The fourth-order valence-corrected chi connectivity index (χ4v) is 0.785. The Balaban J connectivity index is 4.18. The number of carbonyl (C=O) groups excluding carboxylic acids is 1. The standard InChI is InChI=1S/C9H19N3O/c1-6-10-12(8(2)3)7-9(13)11(4)5/h6,8H,7H2,1-5H3/b10-6-. The molecule has 0 aliphatic carbocycles. The molecule has 0 aromatic heterocycles. The molecule has 0 bridgehead atoms. The van der Waals surface area contributed by atoms with Crippen LogP contribution in [-0.4, -0.2) is 48.7 Å². The van der Waals surface area contributed by atoms with Gasteiger partial charge in [0.05, 0.1) is 0 Å². The Morgan fingerprint density at radius 2 is 2.00 bits per heavy atom. The van der Waals surface area contributed by atoms with Crippen molar-refractivity contribution in [2.75, 3.05) is 20.6 Å². The molecule has 13 heavy (non-hydrogen) atoms. The molecule has 76 valence electrons. The fraction of sp³-hybridized carbons (Fsp3) is 0.778. The predicted octanol–water partition coefficient (Wildman–Crippen LogP) is 0.791. The summed E-state index contributed by atoms with van der Waals surface area (Å²) in [6.45, 7) is 6.20. The number of amides is 1. The van der Waals surface area contributed by atoms with Crippen molar-refractivity contribution in [2.45, 2.75) is 26.8 Å². The van der Waals surface area contributed by atoms with Crippen LogP contribution in [0.1, 0.15) is 20.8 Å². The van der Waals surface area contributed by atoms with Crippen molar-refractivity contribution in [3.8, 4) is 0 Å². The van der Waals surface area contributed by atoms with Gasteiger partial charge in [-0.2, -0.15) is 5.10 Å². The minimum Gasteiger partial charge on any atom is -0.347 e. The third-order valence-corrected chi connectivity index (χ3v) is 1.66. The molecule has 0 radical (unpaired) electrons. The lowest BCUT2D eigenvalue weighted by Gasteiger charge is -2.23. The van der Waals surface area contributed by atoms with Gasteiger partial charge < -0.3 is 4.90 Å². The van der Waals surface area contributed by atoms with Crippen molar-refractivity contribution >= 4 is 12.1 Å². The maximum Gasteiger partial charge on any atom is 0.243 e. The van der Waals surface area contributed by atoms with Crippen LogP contribution in [0.5, 0.6) is 0 Å². The topological polar surface area (TPSA) is 35.9 Å². The van der Waals surface area contributed by atoms with Crippen molar-refractivity contribution in [1.82, 2.24) is 9.91 Å². The Labute approximate surface area is 80.2 Å². The molecule has 0 N–H and O–H groups in total. The van der Waals surface area contributed by atoms with E-state index < -0.39 is 0 Å². The molecule has 0 aliphatic heterocycles. The van der Waals surface area contributed by atoms with Gasteiger partial charge in [-0.1, -0.05) is 0 Å². The summed E-state index contributed by atoms with van der Waals surface area (Å²) in [5.74, 6) is 0.0688. The smallest absolute Gasteiger partial charge is 0.243 e. The molecule has 0 aliphatic rings. The molecule has 1 amide bonds. The van der Waals surface area contributed by atoms with Crippen LogP contribution in [0.4, 0.5) is 0 Å². The minimum atomic E-state index is 0.0688. The number of hydrogen-bond donors (Lipinski definition) is 0. The van der Waals surface area contributed by atoms with E-state index in [4.69, 9.17) is 0 Å². The molecule has 0 saturated carbocycles. The Morgan fingerprint density at radius 1 is 1.46 bits per heavy atom. The molecular weight excluding hydrogens is 166 g/mol. The van der Waals surface area contributed by atoms with Crippen LogP contribution in [0, 0.1) is 0 Å². The molecular formula is C9H19N3O. The molecule has 0 heterocycles. The van der Waals surface area contributed by atoms with Gasteiger partial charge in [0.1, 0.15) is 6.54 Å². The highest BCUT2D eigenvalue weighted by molar-refractivity contribution is 5.77. The molecule has 4 heteroatoms. The van der Waals surface area contributed by atoms with E-state index in [0.717, 1.165) is 0 Å². The number of likely N-dealkylation sites (N-methyl/N-ethyl adjacent to an activating group) is 1. The lowest BCUT2D eigenvalue weighted by molar-refractivity contribution is -0.130. The lowest BCUT2D eigenvalue weighted by atomic mass is 10.3. The molecule has 0 fully saturated rings. The first kappa shape index (κ1) is 11.9. The Hall–Kier alpha value is -1.06. The highest BCUT2D eigenvalue weighted by Crippen LogP contribution is 1.98. The molecule has 0 aromatic rings. The summed E-state index contributed by atoms with van der Waals surface area (Å²) in [4.78, 5) is 12.9. The van der Waals surface area contributed by atoms with E-state index in [1.807, 2.05) is 20.8 Å². The first-order valence-electron chi connectivity index (χ1n) is 4.44. The zero-order valence-corrected chi connectivity index (χ0v) is 9.11. The molecule has 0 unspecified atom stereocenters. The van der Waals surface area contributed by atoms with Gasteiger partial charge in [-0.15, -0.1) is 0 Å². The second kappa shape index (κ2) is 5.56. The van der Waals surface area contributed by atoms with Gasteiger partial charge in [-0.05, 0) is 20.8 Å². The third-order valence-electron chi connectivity index (χ3n) is 1.66. The van der Waals surface area contributed by atoms with Crippen LogP contribution in [0.3, 0.4) is 0 Å². The van der Waals surface area contributed by atoms with Gasteiger partial charge in [0.2, 0.25) is 5.91 Å². The van der Waals surface area contributed by atoms with Crippen LogP contribution in [-0.2, 0) is 4.79 Å². The van der Waals surface area contributed by atoms with E-state index in [9.17, 15) is 4.79 Å². The average molecular weight is 185 g/mol. The highest BCUT2D eigenvalue weighted by Gasteiger charge is 2.12. The summed E-state index contributed by atoms with van der Waals surface area (Å²) >= 11 is 0. The second-order valence-corrected chi connectivity index (χ2v) is 3.35. The maximum atomic E-state index is 11.3. The molecule has 0 aromatic carbocycles. The van der Waals surface area contributed by atoms with Crippen molar-refractivity contribution in [3.63, 3.8) is 0 Å². The summed E-state index contributed by atoms with van der Waals surface area (Å²) in [5, 5.41) is 5.87. The van der Waals surface area contributed by atoms with Gasteiger partial charge >= 0.3 is 0 Å². The van der Waals surface area contributed by atoms with Gasteiger partial charge in [-0.3, -0.25) is 9.80 Å². The van der Waals surface area contributed by atoms with Gasteiger partial charge in [-0.25, -0.2) is 0 Å². The largest absolute Gasteiger partial charge is 0.347 e. The number of carbonyl (C=O) groups is 1. The van der Waals surface area contributed by atoms with Crippen molar-refractivity contribution in [2.24, 2.45) is 5.10 Å². The summed E-state index contributed by atoms with van der Waals surface area (Å²) in [6.07, 6.45) is 1.70. The first-order chi connectivity index (χ1) is 5.99. The molecule has 0 spiro atoms. The van der Waals surface area contributed by atoms with Gasteiger partial charge in [0, 0.05) is 26.4 Å². The zero-order chi connectivity index (χ0) is 10.4. The average Bonchev–Trinajstić information content (AvgIpc) is 2.03. The molecule has 0 rings (SSSR count). The zero-order valence-electron chi connectivity index (χ0n) is 9.11. The number of hydrazone groups is 1. The van der Waals surface area contributed by atoms with E-state index in [1.165, 1.54) is 0 Å². The summed E-state index contributed by atoms with van der Waals surface area (Å²) in [7, 11) is 3.49. The maximum absolute atomic E-state index is 11.3. The van der Waals surface area contributed by atoms with Crippen LogP contribution < -0.4 is 0 Å². The summed E-state index contributed by atoms with van der Waals surface area (Å²) < 4.78 is 0. The van der Waals surface area contributed by atoms with E-state index in [-0.39, 0.29) is 11.9 Å². The Bertz CT molecular complexity index is 187. The van der Waals surface area contributed by atoms with Crippen LogP contribution in [0.25, 0.3) is 0 Å². The van der Waals surface area contributed by atoms with Gasteiger partial charge in [0.15, 0.2) is 0 Å². The summed E-state index contributed by atoms with van der Waals surface area (Å²) in [6, 6.07) is 0.250. The fourth-order valence-electron chi connectivity index (χ4n) is 0.785. The third kappa shape index (κ3) is 4.50. The van der Waals surface area contributed by atoms with E-state index in [0.29, 0.717) is 6.54 Å². The van der Waals surface area contributed by atoms with E-state index in [2.05, 4.69) is 5.10 Å². The monoisotopic (exact) mass is 185 g/mol. The summed E-state index contributed by atoms with van der Waals surface area (Å²) in [5.41, 5.74) is 0. The molecule has 0 saturated heterocycles. The molecule has 0 atom stereocenters. The van der Waals surface area contributed by atoms with Crippen LogP contribution in [0.2, 0.25) is 0 Å². The van der Waals surface area contributed by atoms with Crippen LogP contribution >= 0.6 is 0 Å². The second-order valence-electron chi connectivity index (χ2n) is 3.35.